The number of carbonyl (C=O) groups is 1. The molecule has 2 aromatic carbocycles. The Bertz CT molecular complexity index is 964. The Balaban J connectivity index is 1.99. The number of halogens is 1. The van der Waals surface area contributed by atoms with Crippen LogP contribution in [0.1, 0.15) is 11.1 Å². The Morgan fingerprint density at radius 3 is 2.41 bits per heavy atom. The number of nitrogens with one attached hydrogen (secondary N) is 1. The third-order valence-electron chi connectivity index (χ3n) is 4.32. The molecule has 9 heteroatoms. The van der Waals surface area contributed by atoms with Gasteiger partial charge < -0.3 is 10.1 Å². The maximum atomic E-state index is 14.2. The number of rotatable bonds is 9. The topological polar surface area (TPSA) is 79.0 Å². The number of anilines is 1. The van der Waals surface area contributed by atoms with Crippen molar-refractivity contribution in [3.8, 4) is 5.75 Å². The number of hydrogen-bond donors (Lipinski definition) is 1. The first kappa shape index (κ1) is 22.6. The average Bonchev–Trinajstić information content (AvgIpc) is 2.66. The Labute approximate surface area is 171 Å². The Hall–Kier alpha value is -2.65. The molecule has 7 nitrogen and oxygen atoms in total. The van der Waals surface area contributed by atoms with Gasteiger partial charge in [0.1, 0.15) is 24.7 Å². The number of nitrogens with zero attached hydrogens (tertiary/aromatic N) is 2. The molecule has 0 heterocycles. The second kappa shape index (κ2) is 9.71. The van der Waals surface area contributed by atoms with Crippen molar-refractivity contribution in [3.63, 3.8) is 0 Å². The van der Waals surface area contributed by atoms with Gasteiger partial charge in [-0.1, -0.05) is 18.2 Å². The molecule has 0 aliphatic heterocycles. The van der Waals surface area contributed by atoms with Crippen molar-refractivity contribution in [3.05, 3.63) is 59.4 Å². The summed E-state index contributed by atoms with van der Waals surface area (Å²) < 4.78 is 46.6. The number of para-hydroxylation sites is 1. The molecule has 0 aliphatic rings. The smallest absolute Gasteiger partial charge is 0.304 e. The zero-order valence-corrected chi connectivity index (χ0v) is 17.8. The highest BCUT2D eigenvalue weighted by molar-refractivity contribution is 7.90. The van der Waals surface area contributed by atoms with Crippen molar-refractivity contribution in [2.45, 2.75) is 13.8 Å². The second-order valence-corrected chi connectivity index (χ2v) is 8.76. The molecule has 0 spiro atoms. The van der Waals surface area contributed by atoms with E-state index in [2.05, 4.69) is 5.32 Å². The standard InChI is InChI=1S/C20H26FN3O4S/c1-15-9-10-17(13-16(15)2)28-12-11-22-20(25)14-24(29(26,27)23(3)4)19-8-6-5-7-18(19)21/h5-10,13H,11-12,14H2,1-4H3,(H,22,25). The van der Waals surface area contributed by atoms with Crippen LogP contribution in [0.25, 0.3) is 0 Å². The summed E-state index contributed by atoms with van der Waals surface area (Å²) in [7, 11) is -1.42. The predicted molar refractivity (Wildman–Crippen MR) is 111 cm³/mol. The zero-order valence-electron chi connectivity index (χ0n) is 17.0. The van der Waals surface area contributed by atoms with Gasteiger partial charge in [0.15, 0.2) is 0 Å². The highest BCUT2D eigenvalue weighted by atomic mass is 32.2. The first-order chi connectivity index (χ1) is 13.6. The van der Waals surface area contributed by atoms with Gasteiger partial charge in [0.05, 0.1) is 12.2 Å². The van der Waals surface area contributed by atoms with E-state index in [1.165, 1.54) is 32.3 Å². The maximum absolute atomic E-state index is 14.2. The van der Waals surface area contributed by atoms with Crippen molar-refractivity contribution in [1.29, 1.82) is 0 Å². The number of hydrogen-bond acceptors (Lipinski definition) is 4. The minimum absolute atomic E-state index is 0.179. The first-order valence-electron chi connectivity index (χ1n) is 9.04. The molecule has 0 saturated heterocycles. The van der Waals surface area contributed by atoms with Crippen LogP contribution >= 0.6 is 0 Å². The summed E-state index contributed by atoms with van der Waals surface area (Å²) in [6, 6.07) is 11.1. The lowest BCUT2D eigenvalue weighted by molar-refractivity contribution is -0.119. The number of ether oxygens (including phenoxy) is 1. The molecular weight excluding hydrogens is 397 g/mol. The summed E-state index contributed by atoms with van der Waals surface area (Å²) in [4.78, 5) is 12.3. The van der Waals surface area contributed by atoms with Gasteiger partial charge >= 0.3 is 10.2 Å². The summed E-state index contributed by atoms with van der Waals surface area (Å²) in [5.41, 5.74) is 2.06. The van der Waals surface area contributed by atoms with Crippen molar-refractivity contribution in [1.82, 2.24) is 9.62 Å². The molecule has 0 fully saturated rings. The molecule has 1 N–H and O–H groups in total. The van der Waals surface area contributed by atoms with Crippen LogP contribution in [0, 0.1) is 19.7 Å². The van der Waals surface area contributed by atoms with Crippen molar-refractivity contribution >= 4 is 21.8 Å². The number of carbonyl (C=O) groups excluding carboxylic acids is 1. The lowest BCUT2D eigenvalue weighted by Gasteiger charge is -2.27. The molecule has 2 rings (SSSR count). The van der Waals surface area contributed by atoms with E-state index in [1.54, 1.807) is 0 Å². The largest absolute Gasteiger partial charge is 0.492 e. The molecule has 0 aromatic heterocycles. The maximum Gasteiger partial charge on any atom is 0.304 e. The molecule has 1 amide bonds. The number of aryl methyl sites for hydroxylation is 2. The summed E-state index contributed by atoms with van der Waals surface area (Å²) in [6.45, 7) is 3.83. The minimum Gasteiger partial charge on any atom is -0.492 e. The van der Waals surface area contributed by atoms with Crippen LogP contribution in [0.3, 0.4) is 0 Å². The van der Waals surface area contributed by atoms with Crippen LogP contribution < -0.4 is 14.4 Å². The summed E-state index contributed by atoms with van der Waals surface area (Å²) in [5.74, 6) is -0.614. The van der Waals surface area contributed by atoms with Gasteiger partial charge in [-0.05, 0) is 49.2 Å². The zero-order chi connectivity index (χ0) is 21.6. The molecule has 0 unspecified atom stereocenters. The normalized spacial score (nSPS) is 11.4. The fraction of sp³-hybridized carbons (Fsp3) is 0.350. The molecule has 0 aliphatic carbocycles. The van der Waals surface area contributed by atoms with Crippen molar-refractivity contribution in [2.75, 3.05) is 38.1 Å². The fourth-order valence-corrected chi connectivity index (χ4v) is 3.56. The van der Waals surface area contributed by atoms with E-state index in [4.69, 9.17) is 4.74 Å². The van der Waals surface area contributed by atoms with E-state index in [9.17, 15) is 17.6 Å². The van der Waals surface area contributed by atoms with Gasteiger partial charge in [0.2, 0.25) is 5.91 Å². The van der Waals surface area contributed by atoms with E-state index in [0.29, 0.717) is 5.75 Å². The molecule has 158 valence electrons. The quantitative estimate of drug-likeness (QED) is 0.628. The van der Waals surface area contributed by atoms with Crippen LogP contribution in [0.15, 0.2) is 42.5 Å². The predicted octanol–water partition coefficient (Wildman–Crippen LogP) is 2.25. The highest BCUT2D eigenvalue weighted by Gasteiger charge is 2.29. The highest BCUT2D eigenvalue weighted by Crippen LogP contribution is 2.22. The van der Waals surface area contributed by atoms with Crippen molar-refractivity contribution < 1.29 is 22.3 Å². The second-order valence-electron chi connectivity index (χ2n) is 6.69. The summed E-state index contributed by atoms with van der Waals surface area (Å²) in [6.07, 6.45) is 0. The van der Waals surface area contributed by atoms with E-state index in [1.807, 2.05) is 32.0 Å². The Morgan fingerprint density at radius 1 is 1.10 bits per heavy atom. The van der Waals surface area contributed by atoms with Gasteiger partial charge in [-0.25, -0.2) is 8.70 Å². The van der Waals surface area contributed by atoms with Crippen molar-refractivity contribution in [2.24, 2.45) is 0 Å². The molecule has 0 saturated carbocycles. The average molecular weight is 424 g/mol. The Morgan fingerprint density at radius 2 is 1.79 bits per heavy atom. The minimum atomic E-state index is -4.06. The van der Waals surface area contributed by atoms with Crippen LogP contribution in [0.5, 0.6) is 5.75 Å². The molecule has 0 radical (unpaired) electrons. The van der Waals surface area contributed by atoms with Crippen LogP contribution in [0.2, 0.25) is 0 Å². The molecular formula is C20H26FN3O4S. The van der Waals surface area contributed by atoms with Crippen LogP contribution in [-0.2, 0) is 15.0 Å². The van der Waals surface area contributed by atoms with Gasteiger partial charge in [-0.15, -0.1) is 0 Å². The third-order valence-corrected chi connectivity index (χ3v) is 6.13. The lowest BCUT2D eigenvalue weighted by atomic mass is 10.1. The van der Waals surface area contributed by atoms with E-state index in [-0.39, 0.29) is 18.8 Å². The summed E-state index contributed by atoms with van der Waals surface area (Å²) >= 11 is 0. The van der Waals surface area contributed by atoms with Gasteiger partial charge in [-0.3, -0.25) is 4.79 Å². The first-order valence-corrected chi connectivity index (χ1v) is 10.4. The van der Waals surface area contributed by atoms with Gasteiger partial charge in [-0.2, -0.15) is 12.7 Å². The molecule has 0 atom stereocenters. The Kier molecular flexibility index (Phi) is 7.58. The van der Waals surface area contributed by atoms with Gasteiger partial charge in [0, 0.05) is 14.1 Å². The molecule has 29 heavy (non-hydrogen) atoms. The van der Waals surface area contributed by atoms with Crippen LogP contribution in [-0.4, -0.2) is 52.4 Å². The SMILES string of the molecule is Cc1ccc(OCCNC(=O)CN(c2ccccc2F)S(=O)(=O)N(C)C)cc1C. The van der Waals surface area contributed by atoms with E-state index < -0.39 is 28.5 Å². The number of amides is 1. The fourth-order valence-electron chi connectivity index (χ4n) is 2.49. The monoisotopic (exact) mass is 423 g/mol. The lowest BCUT2D eigenvalue weighted by Crippen LogP contribution is -2.46. The molecule has 0 bridgehead atoms. The molecule has 2 aromatic rings. The van der Waals surface area contributed by atoms with Gasteiger partial charge in [0.25, 0.3) is 0 Å². The van der Waals surface area contributed by atoms with E-state index >= 15 is 0 Å². The number of benzene rings is 2. The van der Waals surface area contributed by atoms with E-state index in [0.717, 1.165) is 25.8 Å². The third kappa shape index (κ3) is 5.91. The van der Waals surface area contributed by atoms with Crippen LogP contribution in [0.4, 0.5) is 10.1 Å². The summed E-state index contributed by atoms with van der Waals surface area (Å²) in [5, 5.41) is 2.60.